The van der Waals surface area contributed by atoms with Crippen LogP contribution in [0.1, 0.15) is 20.3 Å². The second-order valence-corrected chi connectivity index (χ2v) is 4.55. The zero-order valence-electron chi connectivity index (χ0n) is 9.83. The van der Waals surface area contributed by atoms with Gasteiger partial charge >= 0.3 is 5.97 Å². The molecule has 0 aliphatic carbocycles. The second-order valence-electron chi connectivity index (χ2n) is 4.55. The van der Waals surface area contributed by atoms with Gasteiger partial charge in [0.2, 0.25) is 5.91 Å². The third kappa shape index (κ3) is 2.79. The van der Waals surface area contributed by atoms with E-state index in [2.05, 4.69) is 5.11 Å². The number of carbonyl (C=O) groups excluding carboxylic acids is 1. The summed E-state index contributed by atoms with van der Waals surface area (Å²) in [5.41, 5.74) is 6.98. The van der Waals surface area contributed by atoms with Crippen molar-refractivity contribution < 1.29 is 19.8 Å². The highest BCUT2D eigenvalue weighted by Crippen LogP contribution is 2.21. The van der Waals surface area contributed by atoms with Crippen molar-refractivity contribution in [3.8, 4) is 0 Å². The van der Waals surface area contributed by atoms with Crippen LogP contribution in [-0.4, -0.2) is 51.7 Å². The lowest BCUT2D eigenvalue weighted by molar-refractivity contribution is -0.149. The molecule has 0 aromatic rings. The number of carboxylic acid groups (broad SMARTS) is 1. The SMILES string of the molecule is CC(C)[C@H](N=N)C(=O)N1C[C@H](O)C[C@H]1C(=O)O. The maximum Gasteiger partial charge on any atom is 0.326 e. The Morgan fingerprint density at radius 2 is 2.06 bits per heavy atom. The molecule has 1 aliphatic rings. The fourth-order valence-corrected chi connectivity index (χ4v) is 1.95. The molecular weight excluding hydrogens is 226 g/mol. The van der Waals surface area contributed by atoms with Crippen LogP contribution in [0.4, 0.5) is 0 Å². The number of amides is 1. The molecule has 7 heteroatoms. The Hall–Kier alpha value is -1.50. The molecule has 1 aliphatic heterocycles. The lowest BCUT2D eigenvalue weighted by Crippen LogP contribution is -2.46. The number of aliphatic carboxylic acids is 1. The van der Waals surface area contributed by atoms with Crippen LogP contribution in [0.15, 0.2) is 5.11 Å². The highest BCUT2D eigenvalue weighted by atomic mass is 16.4. The highest BCUT2D eigenvalue weighted by molar-refractivity contribution is 5.88. The molecule has 1 amide bonds. The van der Waals surface area contributed by atoms with E-state index >= 15 is 0 Å². The number of aliphatic hydroxyl groups excluding tert-OH is 1. The highest BCUT2D eigenvalue weighted by Gasteiger charge is 2.41. The lowest BCUT2D eigenvalue weighted by atomic mass is 10.0. The minimum Gasteiger partial charge on any atom is -0.480 e. The van der Waals surface area contributed by atoms with E-state index in [4.69, 9.17) is 10.6 Å². The Morgan fingerprint density at radius 1 is 1.47 bits per heavy atom. The molecule has 0 aromatic carbocycles. The number of carboxylic acids is 1. The Bertz CT molecular complexity index is 332. The van der Waals surface area contributed by atoms with Crippen molar-refractivity contribution in [3.05, 3.63) is 0 Å². The zero-order chi connectivity index (χ0) is 13.2. The summed E-state index contributed by atoms with van der Waals surface area (Å²) < 4.78 is 0. The zero-order valence-corrected chi connectivity index (χ0v) is 9.83. The molecule has 17 heavy (non-hydrogen) atoms. The summed E-state index contributed by atoms with van der Waals surface area (Å²) in [6.45, 7) is 3.47. The first-order valence-corrected chi connectivity index (χ1v) is 5.46. The van der Waals surface area contributed by atoms with Crippen molar-refractivity contribution in [2.75, 3.05) is 6.54 Å². The van der Waals surface area contributed by atoms with Crippen molar-refractivity contribution >= 4 is 11.9 Å². The Morgan fingerprint density at radius 3 is 2.47 bits per heavy atom. The van der Waals surface area contributed by atoms with E-state index < -0.39 is 30.1 Å². The second kappa shape index (κ2) is 5.22. The van der Waals surface area contributed by atoms with E-state index in [0.29, 0.717) is 0 Å². The van der Waals surface area contributed by atoms with Crippen LogP contribution in [-0.2, 0) is 9.59 Å². The lowest BCUT2D eigenvalue weighted by Gasteiger charge is -2.25. The van der Waals surface area contributed by atoms with Gasteiger partial charge in [-0.05, 0) is 5.92 Å². The average Bonchev–Trinajstić information content (AvgIpc) is 2.60. The van der Waals surface area contributed by atoms with E-state index in [-0.39, 0.29) is 18.9 Å². The normalized spacial score (nSPS) is 26.0. The molecule has 0 bridgehead atoms. The Balaban J connectivity index is 2.86. The topological polar surface area (TPSA) is 114 Å². The van der Waals surface area contributed by atoms with Crippen molar-refractivity contribution in [3.63, 3.8) is 0 Å². The van der Waals surface area contributed by atoms with Crippen molar-refractivity contribution in [1.29, 1.82) is 5.53 Å². The van der Waals surface area contributed by atoms with E-state index in [1.807, 2.05) is 0 Å². The first-order valence-electron chi connectivity index (χ1n) is 5.46. The van der Waals surface area contributed by atoms with Gasteiger partial charge in [-0.3, -0.25) is 4.79 Å². The summed E-state index contributed by atoms with van der Waals surface area (Å²) in [5, 5.41) is 21.6. The maximum atomic E-state index is 12.0. The third-order valence-electron chi connectivity index (χ3n) is 2.87. The summed E-state index contributed by atoms with van der Waals surface area (Å²) in [7, 11) is 0. The number of rotatable bonds is 4. The molecule has 0 spiro atoms. The van der Waals surface area contributed by atoms with Crippen LogP contribution >= 0.6 is 0 Å². The van der Waals surface area contributed by atoms with Gasteiger partial charge in [0.1, 0.15) is 6.04 Å². The molecule has 0 aromatic heterocycles. The molecule has 3 N–H and O–H groups in total. The van der Waals surface area contributed by atoms with Gasteiger partial charge in [-0.2, -0.15) is 5.11 Å². The summed E-state index contributed by atoms with van der Waals surface area (Å²) in [6.07, 6.45) is -0.789. The number of β-amino-alcohol motifs (C(OH)–C–C–N with tert-alkyl or cyclic N) is 1. The van der Waals surface area contributed by atoms with E-state index in [0.717, 1.165) is 4.90 Å². The molecule has 1 fully saturated rings. The molecule has 0 radical (unpaired) electrons. The van der Waals surface area contributed by atoms with Gasteiger partial charge in [0.05, 0.1) is 6.10 Å². The molecule has 1 saturated heterocycles. The first kappa shape index (κ1) is 13.6. The predicted octanol–water partition coefficient (Wildman–Crippen LogP) is 0.0884. The molecule has 96 valence electrons. The monoisotopic (exact) mass is 243 g/mol. The van der Waals surface area contributed by atoms with Gasteiger partial charge in [0.25, 0.3) is 0 Å². The van der Waals surface area contributed by atoms with Gasteiger partial charge in [-0.1, -0.05) is 13.8 Å². The van der Waals surface area contributed by atoms with Crippen LogP contribution in [0, 0.1) is 11.4 Å². The van der Waals surface area contributed by atoms with E-state index in [1.165, 1.54) is 0 Å². The number of aliphatic hydroxyl groups is 1. The standard InChI is InChI=1S/C10H17N3O4/c1-5(2)8(12-11)9(15)13-4-6(14)3-7(13)10(16)17/h5-8,11,14H,3-4H2,1-2H3,(H,16,17)/t6-,7+,8+/m1/s1. The number of nitrogens with zero attached hydrogens (tertiary/aromatic N) is 2. The van der Waals surface area contributed by atoms with Gasteiger partial charge in [0, 0.05) is 13.0 Å². The van der Waals surface area contributed by atoms with Crippen LogP contribution in [0.5, 0.6) is 0 Å². The van der Waals surface area contributed by atoms with Crippen molar-refractivity contribution in [2.45, 2.75) is 38.5 Å². The Labute approximate surface area is 98.9 Å². The molecule has 3 atom stereocenters. The smallest absolute Gasteiger partial charge is 0.326 e. The van der Waals surface area contributed by atoms with E-state index in [1.54, 1.807) is 13.8 Å². The molecule has 0 saturated carbocycles. The van der Waals surface area contributed by atoms with Crippen LogP contribution in [0.3, 0.4) is 0 Å². The molecular formula is C10H17N3O4. The van der Waals surface area contributed by atoms with Crippen LogP contribution in [0.25, 0.3) is 0 Å². The Kier molecular flexibility index (Phi) is 4.17. The first-order chi connectivity index (χ1) is 7.88. The number of nitrogens with one attached hydrogen (secondary N) is 1. The largest absolute Gasteiger partial charge is 0.480 e. The molecule has 0 unspecified atom stereocenters. The summed E-state index contributed by atoms with van der Waals surface area (Å²) in [6, 6.07) is -1.89. The fourth-order valence-electron chi connectivity index (χ4n) is 1.95. The van der Waals surface area contributed by atoms with Crippen LogP contribution < -0.4 is 0 Å². The molecule has 7 nitrogen and oxygen atoms in total. The third-order valence-corrected chi connectivity index (χ3v) is 2.87. The summed E-state index contributed by atoms with van der Waals surface area (Å²) in [5.74, 6) is -1.81. The average molecular weight is 243 g/mol. The fraction of sp³-hybridized carbons (Fsp3) is 0.800. The van der Waals surface area contributed by atoms with Gasteiger partial charge in [0.15, 0.2) is 6.04 Å². The van der Waals surface area contributed by atoms with Crippen molar-refractivity contribution in [2.24, 2.45) is 11.0 Å². The summed E-state index contributed by atoms with van der Waals surface area (Å²) >= 11 is 0. The number of carbonyl (C=O) groups is 2. The minimum atomic E-state index is -1.14. The molecule has 1 heterocycles. The number of hydrogen-bond donors (Lipinski definition) is 3. The number of likely N-dealkylation sites (tertiary alicyclic amines) is 1. The maximum absolute atomic E-state index is 12.0. The minimum absolute atomic E-state index is 0.00542. The van der Waals surface area contributed by atoms with Gasteiger partial charge in [-0.15, -0.1) is 0 Å². The quantitative estimate of drug-likeness (QED) is 0.607. The van der Waals surface area contributed by atoms with E-state index in [9.17, 15) is 14.7 Å². The predicted molar refractivity (Wildman–Crippen MR) is 57.5 cm³/mol. The van der Waals surface area contributed by atoms with Gasteiger partial charge < -0.3 is 15.1 Å². The number of hydrogen-bond acceptors (Lipinski definition) is 5. The summed E-state index contributed by atoms with van der Waals surface area (Å²) in [4.78, 5) is 24.1. The molecule has 1 rings (SSSR count). The van der Waals surface area contributed by atoms with Crippen molar-refractivity contribution in [1.82, 2.24) is 4.90 Å². The van der Waals surface area contributed by atoms with Gasteiger partial charge in [-0.25, -0.2) is 10.3 Å². The van der Waals surface area contributed by atoms with Crippen LogP contribution in [0.2, 0.25) is 0 Å².